The van der Waals surface area contributed by atoms with Crippen molar-refractivity contribution in [1.82, 2.24) is 4.68 Å². The maximum atomic E-state index is 12.3. The molecule has 0 saturated heterocycles. The second-order valence-corrected chi connectivity index (χ2v) is 5.38. The molecule has 22 heavy (non-hydrogen) atoms. The summed E-state index contributed by atoms with van der Waals surface area (Å²) in [6, 6.07) is 14.2. The molecule has 0 aliphatic carbocycles. The fourth-order valence-corrected chi connectivity index (χ4v) is 2.39. The Bertz CT molecular complexity index is 956. The van der Waals surface area contributed by atoms with E-state index >= 15 is 0 Å². The van der Waals surface area contributed by atoms with Crippen LogP contribution in [0.15, 0.2) is 72.5 Å². The van der Waals surface area contributed by atoms with Gasteiger partial charge in [-0.15, -0.1) is 16.4 Å². The summed E-state index contributed by atoms with van der Waals surface area (Å²) in [5.74, 6) is -0.805. The smallest absolute Gasteiger partial charge is 0.408 e. The van der Waals surface area contributed by atoms with Crippen LogP contribution in [0.3, 0.4) is 0 Å². The largest absolute Gasteiger partial charge is 0.443 e. The Labute approximate surface area is 129 Å². The number of hydrogen-bond donors (Lipinski definition) is 0. The van der Waals surface area contributed by atoms with E-state index in [1.54, 1.807) is 36.0 Å². The van der Waals surface area contributed by atoms with E-state index in [1.807, 2.05) is 30.5 Å². The highest BCUT2D eigenvalue weighted by Gasteiger charge is 2.07. The number of benzene rings is 2. The van der Waals surface area contributed by atoms with Gasteiger partial charge in [0.2, 0.25) is 0 Å². The average molecular weight is 312 g/mol. The molecule has 5 nitrogen and oxygen atoms in total. The number of rotatable bonds is 3. The first kappa shape index (κ1) is 14.3. The topological polar surface area (TPSA) is 64.6 Å². The van der Waals surface area contributed by atoms with Gasteiger partial charge in [-0.05, 0) is 36.1 Å². The number of hydrogen-bond acceptors (Lipinski definition) is 5. The van der Waals surface area contributed by atoms with Crippen molar-refractivity contribution in [3.8, 4) is 0 Å². The van der Waals surface area contributed by atoms with Gasteiger partial charge in [-0.2, -0.15) is 5.10 Å². The first-order valence-electron chi connectivity index (χ1n) is 6.52. The van der Waals surface area contributed by atoms with Gasteiger partial charge >= 0.3 is 5.76 Å². The summed E-state index contributed by atoms with van der Waals surface area (Å²) in [4.78, 5) is 25.2. The molecule has 1 heterocycles. The zero-order valence-electron chi connectivity index (χ0n) is 11.7. The summed E-state index contributed by atoms with van der Waals surface area (Å²) < 4.78 is 5.82. The lowest BCUT2D eigenvalue weighted by atomic mass is 10.2. The van der Waals surface area contributed by atoms with Crippen LogP contribution in [0, 0.1) is 0 Å². The van der Waals surface area contributed by atoms with E-state index < -0.39 is 11.3 Å². The van der Waals surface area contributed by atoms with E-state index in [0.29, 0.717) is 5.39 Å². The minimum Gasteiger partial charge on any atom is -0.408 e. The van der Waals surface area contributed by atoms with E-state index in [4.69, 9.17) is 4.42 Å². The number of nitrogens with zero attached hydrogens (tertiary/aromatic N) is 2. The maximum absolute atomic E-state index is 12.3. The molecule has 110 valence electrons. The van der Waals surface area contributed by atoms with Crippen molar-refractivity contribution in [2.75, 3.05) is 6.26 Å². The normalized spacial score (nSPS) is 11.3. The fraction of sp³-hybridized carbons (Fsp3) is 0.0625. The van der Waals surface area contributed by atoms with Gasteiger partial charge in [-0.25, -0.2) is 4.79 Å². The molecule has 0 spiro atoms. The summed E-state index contributed by atoms with van der Waals surface area (Å²) in [6.07, 6.45) is 3.44. The van der Waals surface area contributed by atoms with E-state index in [0.717, 1.165) is 15.1 Å². The second kappa shape index (κ2) is 6.03. The molecule has 3 rings (SSSR count). The van der Waals surface area contributed by atoms with Gasteiger partial charge in [0.05, 0.1) is 11.6 Å². The van der Waals surface area contributed by atoms with Gasteiger partial charge in [-0.3, -0.25) is 4.79 Å². The predicted molar refractivity (Wildman–Crippen MR) is 88.0 cm³/mol. The number of para-hydroxylation sites is 1. The molecule has 0 saturated carbocycles. The Kier molecular flexibility index (Phi) is 3.93. The summed E-state index contributed by atoms with van der Waals surface area (Å²) >= 11 is 1.63. The molecule has 0 atom stereocenters. The van der Waals surface area contributed by atoms with Gasteiger partial charge < -0.3 is 4.42 Å². The van der Waals surface area contributed by atoms with E-state index in [1.165, 1.54) is 6.21 Å². The van der Waals surface area contributed by atoms with Crippen LogP contribution in [0.2, 0.25) is 0 Å². The molecule has 0 aliphatic heterocycles. The van der Waals surface area contributed by atoms with Gasteiger partial charge in [0.15, 0.2) is 0 Å². The van der Waals surface area contributed by atoms with Crippen LogP contribution in [0.25, 0.3) is 11.0 Å². The van der Waals surface area contributed by atoms with Gasteiger partial charge in [0, 0.05) is 4.90 Å². The second-order valence-electron chi connectivity index (χ2n) is 4.50. The van der Waals surface area contributed by atoms with Crippen LogP contribution in [-0.4, -0.2) is 17.1 Å². The van der Waals surface area contributed by atoms with Gasteiger partial charge in [0.1, 0.15) is 5.58 Å². The maximum Gasteiger partial charge on any atom is 0.443 e. The highest BCUT2D eigenvalue weighted by Crippen LogP contribution is 2.14. The Morgan fingerprint density at radius 1 is 1.09 bits per heavy atom. The zero-order chi connectivity index (χ0) is 15.5. The first-order valence-corrected chi connectivity index (χ1v) is 7.75. The number of thioether (sulfide) groups is 1. The SMILES string of the molecule is CSc1ccc(C=Nn2c(=O)oc3ccccc3c2=O)cc1. The molecule has 0 radical (unpaired) electrons. The molecule has 0 N–H and O–H groups in total. The van der Waals surface area contributed by atoms with Crippen LogP contribution in [0.4, 0.5) is 0 Å². The summed E-state index contributed by atoms with van der Waals surface area (Å²) in [5, 5.41) is 4.26. The third-order valence-corrected chi connectivity index (χ3v) is 3.86. The zero-order valence-corrected chi connectivity index (χ0v) is 12.5. The van der Waals surface area contributed by atoms with Crippen molar-refractivity contribution in [2.45, 2.75) is 4.90 Å². The van der Waals surface area contributed by atoms with E-state index in [2.05, 4.69) is 5.10 Å². The van der Waals surface area contributed by atoms with Crippen molar-refractivity contribution >= 4 is 28.9 Å². The van der Waals surface area contributed by atoms with E-state index in [9.17, 15) is 9.59 Å². The van der Waals surface area contributed by atoms with Crippen molar-refractivity contribution in [3.63, 3.8) is 0 Å². The van der Waals surface area contributed by atoms with Gasteiger partial charge in [-0.1, -0.05) is 24.3 Å². The van der Waals surface area contributed by atoms with Crippen LogP contribution >= 0.6 is 11.8 Å². The van der Waals surface area contributed by atoms with Crippen LogP contribution in [-0.2, 0) is 0 Å². The Balaban J connectivity index is 2.04. The molecule has 2 aromatic carbocycles. The van der Waals surface area contributed by atoms with Crippen molar-refractivity contribution in [2.24, 2.45) is 5.10 Å². The third-order valence-electron chi connectivity index (χ3n) is 3.12. The van der Waals surface area contributed by atoms with Crippen LogP contribution in [0.1, 0.15) is 5.56 Å². The predicted octanol–water partition coefficient (Wildman–Crippen LogP) is 2.56. The standard InChI is InChI=1S/C16H12N2O3S/c1-22-12-8-6-11(7-9-12)10-17-18-15(19)13-4-2-3-5-14(13)21-16(18)20/h2-10H,1H3. The monoisotopic (exact) mass is 312 g/mol. The first-order chi connectivity index (χ1) is 10.7. The van der Waals surface area contributed by atoms with Crippen molar-refractivity contribution in [1.29, 1.82) is 0 Å². The molecule has 1 aromatic heterocycles. The van der Waals surface area contributed by atoms with Crippen molar-refractivity contribution in [3.05, 3.63) is 75.0 Å². The minimum absolute atomic E-state index is 0.258. The van der Waals surface area contributed by atoms with Crippen molar-refractivity contribution < 1.29 is 4.42 Å². The van der Waals surface area contributed by atoms with Gasteiger partial charge in [0.25, 0.3) is 5.56 Å². The number of aromatic nitrogens is 1. The lowest BCUT2D eigenvalue weighted by Gasteiger charge is -1.99. The Morgan fingerprint density at radius 2 is 1.82 bits per heavy atom. The highest BCUT2D eigenvalue weighted by atomic mass is 32.2. The lowest BCUT2D eigenvalue weighted by Crippen LogP contribution is -2.29. The fourth-order valence-electron chi connectivity index (χ4n) is 1.98. The molecule has 0 unspecified atom stereocenters. The quantitative estimate of drug-likeness (QED) is 0.551. The Hall–Kier alpha value is -2.60. The molecular formula is C16H12N2O3S. The molecule has 0 amide bonds. The summed E-state index contributed by atoms with van der Waals surface area (Å²) in [6.45, 7) is 0. The minimum atomic E-state index is -0.805. The van der Waals surface area contributed by atoms with E-state index in [-0.39, 0.29) is 5.58 Å². The Morgan fingerprint density at radius 3 is 2.55 bits per heavy atom. The molecule has 0 bridgehead atoms. The lowest BCUT2D eigenvalue weighted by molar-refractivity contribution is 0.481. The molecule has 3 aromatic rings. The number of fused-ring (bicyclic) bond motifs is 1. The summed E-state index contributed by atoms with van der Waals surface area (Å²) in [5.41, 5.74) is 0.550. The summed E-state index contributed by atoms with van der Waals surface area (Å²) in [7, 11) is 0. The molecule has 0 fully saturated rings. The molecule has 6 heteroatoms. The molecular weight excluding hydrogens is 300 g/mol. The highest BCUT2D eigenvalue weighted by molar-refractivity contribution is 7.98. The van der Waals surface area contributed by atoms with Crippen LogP contribution < -0.4 is 11.3 Å². The average Bonchev–Trinajstić information content (AvgIpc) is 2.55. The van der Waals surface area contributed by atoms with Crippen LogP contribution in [0.5, 0.6) is 0 Å². The molecule has 0 aliphatic rings. The third kappa shape index (κ3) is 2.73.